The van der Waals surface area contributed by atoms with Crippen LogP contribution in [0.3, 0.4) is 0 Å². The zero-order valence-corrected chi connectivity index (χ0v) is 16.0. The number of hydrogen-bond donors (Lipinski definition) is 1. The summed E-state index contributed by atoms with van der Waals surface area (Å²) in [5, 5.41) is 9.67. The van der Waals surface area contributed by atoms with Crippen molar-refractivity contribution in [2.24, 2.45) is 5.41 Å². The SMILES string of the molecule is Cc1cc2c(nc1N1CCC(OCC3(C)CC3)CC1)C(CO)N(C)C2=O. The number of rotatable bonds is 5. The van der Waals surface area contributed by atoms with Crippen molar-refractivity contribution in [2.75, 3.05) is 38.3 Å². The first kappa shape index (κ1) is 17.7. The van der Waals surface area contributed by atoms with Gasteiger partial charge in [0.05, 0.1) is 36.6 Å². The number of fused-ring (bicyclic) bond motifs is 1. The Labute approximate surface area is 155 Å². The predicted octanol–water partition coefficient (Wildman–Crippen LogP) is 2.29. The standard InChI is InChI=1S/C20H29N3O3/c1-13-10-15-17(16(11-24)22(3)19(15)25)21-18(13)23-8-4-14(5-9-23)26-12-20(2)6-7-20/h10,14,16,24H,4-9,11-12H2,1-3H3. The molecule has 4 rings (SSSR count). The summed E-state index contributed by atoms with van der Waals surface area (Å²) in [7, 11) is 1.73. The van der Waals surface area contributed by atoms with Crippen molar-refractivity contribution < 1.29 is 14.6 Å². The van der Waals surface area contributed by atoms with Crippen molar-refractivity contribution >= 4 is 11.7 Å². The van der Waals surface area contributed by atoms with Crippen LogP contribution >= 0.6 is 0 Å². The smallest absolute Gasteiger partial charge is 0.256 e. The van der Waals surface area contributed by atoms with Crippen LogP contribution in [0.1, 0.15) is 60.3 Å². The second-order valence-corrected chi connectivity index (χ2v) is 8.48. The molecule has 1 aliphatic carbocycles. The number of ether oxygens (including phenoxy) is 1. The Bertz CT molecular complexity index is 708. The first-order valence-electron chi connectivity index (χ1n) is 9.68. The third-order valence-corrected chi connectivity index (χ3v) is 6.24. The molecule has 1 atom stereocenters. The number of anilines is 1. The van der Waals surface area contributed by atoms with Crippen LogP contribution in [0.4, 0.5) is 5.82 Å². The maximum atomic E-state index is 12.4. The molecule has 1 unspecified atom stereocenters. The van der Waals surface area contributed by atoms with E-state index in [0.717, 1.165) is 43.9 Å². The average molecular weight is 359 g/mol. The topological polar surface area (TPSA) is 65.9 Å². The van der Waals surface area contributed by atoms with Crippen LogP contribution in [0, 0.1) is 12.3 Å². The van der Waals surface area contributed by atoms with Crippen molar-refractivity contribution in [1.82, 2.24) is 9.88 Å². The van der Waals surface area contributed by atoms with Crippen molar-refractivity contribution in [3.05, 3.63) is 22.9 Å². The zero-order valence-electron chi connectivity index (χ0n) is 16.0. The summed E-state index contributed by atoms with van der Waals surface area (Å²) in [5.74, 6) is 0.889. The Balaban J connectivity index is 1.46. The molecule has 0 aromatic carbocycles. The quantitative estimate of drug-likeness (QED) is 0.874. The fourth-order valence-electron chi connectivity index (χ4n) is 4.00. The molecule has 1 amide bonds. The van der Waals surface area contributed by atoms with E-state index < -0.39 is 0 Å². The van der Waals surface area contributed by atoms with Crippen LogP contribution in [-0.4, -0.2) is 60.4 Å². The minimum absolute atomic E-state index is 0.0538. The van der Waals surface area contributed by atoms with Gasteiger partial charge in [-0.15, -0.1) is 0 Å². The number of hydrogen-bond acceptors (Lipinski definition) is 5. The number of piperidine rings is 1. The number of likely N-dealkylation sites (N-methyl/N-ethyl adjacent to an activating group) is 1. The van der Waals surface area contributed by atoms with Gasteiger partial charge in [-0.1, -0.05) is 6.92 Å². The molecule has 6 heteroatoms. The molecule has 0 radical (unpaired) electrons. The lowest BCUT2D eigenvalue weighted by molar-refractivity contribution is 0.0126. The van der Waals surface area contributed by atoms with Crippen LogP contribution < -0.4 is 4.90 Å². The fraction of sp³-hybridized carbons (Fsp3) is 0.700. The largest absolute Gasteiger partial charge is 0.394 e. The lowest BCUT2D eigenvalue weighted by atomic mass is 10.0. The molecular formula is C20H29N3O3. The molecule has 1 saturated carbocycles. The molecule has 0 bridgehead atoms. The van der Waals surface area contributed by atoms with E-state index in [-0.39, 0.29) is 18.6 Å². The van der Waals surface area contributed by atoms with E-state index in [1.807, 2.05) is 13.0 Å². The number of amides is 1. The van der Waals surface area contributed by atoms with Crippen LogP contribution in [-0.2, 0) is 4.74 Å². The average Bonchev–Trinajstić information content (AvgIpc) is 3.33. The third-order valence-electron chi connectivity index (χ3n) is 6.24. The minimum atomic E-state index is -0.336. The van der Waals surface area contributed by atoms with Crippen LogP contribution in [0.25, 0.3) is 0 Å². The van der Waals surface area contributed by atoms with Crippen LogP contribution in [0.2, 0.25) is 0 Å². The molecule has 6 nitrogen and oxygen atoms in total. The van der Waals surface area contributed by atoms with E-state index in [4.69, 9.17) is 9.72 Å². The van der Waals surface area contributed by atoms with Gasteiger partial charge in [0.25, 0.3) is 5.91 Å². The van der Waals surface area contributed by atoms with Crippen molar-refractivity contribution in [3.63, 3.8) is 0 Å². The molecule has 2 aliphatic heterocycles. The molecule has 1 saturated heterocycles. The van der Waals surface area contributed by atoms with Gasteiger partial charge in [-0.05, 0) is 49.7 Å². The Kier molecular flexibility index (Phi) is 4.43. The minimum Gasteiger partial charge on any atom is -0.394 e. The number of pyridine rings is 1. The second kappa shape index (κ2) is 6.50. The molecule has 1 N–H and O–H groups in total. The van der Waals surface area contributed by atoms with E-state index >= 15 is 0 Å². The number of aromatic nitrogens is 1. The van der Waals surface area contributed by atoms with Gasteiger partial charge in [-0.3, -0.25) is 4.79 Å². The van der Waals surface area contributed by atoms with Gasteiger partial charge in [-0.2, -0.15) is 0 Å². The summed E-state index contributed by atoms with van der Waals surface area (Å²) in [5.41, 5.74) is 2.80. The highest BCUT2D eigenvalue weighted by Crippen LogP contribution is 2.45. The van der Waals surface area contributed by atoms with E-state index in [0.29, 0.717) is 22.8 Å². The number of nitrogens with zero attached hydrogens (tertiary/aromatic N) is 3. The molecule has 2 fully saturated rings. The van der Waals surface area contributed by atoms with Gasteiger partial charge in [0, 0.05) is 20.1 Å². The van der Waals surface area contributed by atoms with Gasteiger partial charge < -0.3 is 19.6 Å². The highest BCUT2D eigenvalue weighted by Gasteiger charge is 2.39. The van der Waals surface area contributed by atoms with Gasteiger partial charge in [0.2, 0.25) is 0 Å². The van der Waals surface area contributed by atoms with Gasteiger partial charge in [-0.25, -0.2) is 4.98 Å². The maximum absolute atomic E-state index is 12.4. The fourth-order valence-corrected chi connectivity index (χ4v) is 4.00. The monoisotopic (exact) mass is 359 g/mol. The van der Waals surface area contributed by atoms with E-state index in [1.54, 1.807) is 11.9 Å². The lowest BCUT2D eigenvalue weighted by Gasteiger charge is -2.34. The first-order valence-corrected chi connectivity index (χ1v) is 9.68. The maximum Gasteiger partial charge on any atom is 0.256 e. The summed E-state index contributed by atoms with van der Waals surface area (Å²) in [6, 6.07) is 1.60. The normalized spacial score (nSPS) is 24.9. The molecule has 3 heterocycles. The Morgan fingerprint density at radius 2 is 2.04 bits per heavy atom. The summed E-state index contributed by atoms with van der Waals surface area (Å²) in [6.45, 7) is 6.94. The third kappa shape index (κ3) is 3.09. The summed E-state index contributed by atoms with van der Waals surface area (Å²) < 4.78 is 6.13. The van der Waals surface area contributed by atoms with Gasteiger partial charge in [0.15, 0.2) is 0 Å². The number of aliphatic hydroxyl groups is 1. The number of carbonyl (C=O) groups excluding carboxylic acids is 1. The Hall–Kier alpha value is -1.66. The highest BCUT2D eigenvalue weighted by atomic mass is 16.5. The van der Waals surface area contributed by atoms with E-state index in [1.165, 1.54) is 12.8 Å². The molecule has 0 spiro atoms. The summed E-state index contributed by atoms with van der Waals surface area (Å²) in [4.78, 5) is 21.0. The van der Waals surface area contributed by atoms with Gasteiger partial charge >= 0.3 is 0 Å². The molecule has 26 heavy (non-hydrogen) atoms. The molecule has 1 aromatic heterocycles. The molecule has 3 aliphatic rings. The van der Waals surface area contributed by atoms with E-state index in [2.05, 4.69) is 11.8 Å². The summed E-state index contributed by atoms with van der Waals surface area (Å²) in [6.07, 6.45) is 4.95. The Morgan fingerprint density at radius 1 is 1.35 bits per heavy atom. The predicted molar refractivity (Wildman–Crippen MR) is 99.4 cm³/mol. The highest BCUT2D eigenvalue weighted by molar-refractivity contribution is 5.99. The molecule has 1 aromatic rings. The second-order valence-electron chi connectivity index (χ2n) is 8.48. The lowest BCUT2D eigenvalue weighted by Crippen LogP contribution is -2.38. The van der Waals surface area contributed by atoms with Crippen LogP contribution in [0.5, 0.6) is 0 Å². The first-order chi connectivity index (χ1) is 12.4. The molecular weight excluding hydrogens is 330 g/mol. The number of carbonyl (C=O) groups is 1. The molecule has 142 valence electrons. The van der Waals surface area contributed by atoms with Crippen LogP contribution in [0.15, 0.2) is 6.07 Å². The van der Waals surface area contributed by atoms with Crippen molar-refractivity contribution in [1.29, 1.82) is 0 Å². The van der Waals surface area contributed by atoms with Gasteiger partial charge in [0.1, 0.15) is 5.82 Å². The number of aliphatic hydroxyl groups excluding tert-OH is 1. The Morgan fingerprint density at radius 3 is 2.65 bits per heavy atom. The van der Waals surface area contributed by atoms with Crippen molar-refractivity contribution in [3.8, 4) is 0 Å². The van der Waals surface area contributed by atoms with E-state index in [9.17, 15) is 9.90 Å². The van der Waals surface area contributed by atoms with Crippen molar-refractivity contribution in [2.45, 2.75) is 51.7 Å². The summed E-state index contributed by atoms with van der Waals surface area (Å²) >= 11 is 0. The number of aryl methyl sites for hydroxylation is 1. The zero-order chi connectivity index (χ0) is 18.5.